The van der Waals surface area contributed by atoms with E-state index >= 15 is 0 Å². The highest BCUT2D eigenvalue weighted by molar-refractivity contribution is 7.89. The molecule has 1 aromatic carbocycles. The minimum absolute atomic E-state index is 0.444. The van der Waals surface area contributed by atoms with E-state index in [4.69, 9.17) is 0 Å². The van der Waals surface area contributed by atoms with Crippen molar-refractivity contribution in [1.29, 1.82) is 0 Å². The van der Waals surface area contributed by atoms with E-state index in [-0.39, 0.29) is 0 Å². The fraction of sp³-hybridized carbons (Fsp3) is 0.526. The van der Waals surface area contributed by atoms with E-state index in [1.807, 2.05) is 38.4 Å². The quantitative estimate of drug-likeness (QED) is 0.822. The van der Waals surface area contributed by atoms with Gasteiger partial charge in [-0.2, -0.15) is 4.31 Å². The third-order valence-electron chi connectivity index (χ3n) is 5.09. The Morgan fingerprint density at radius 2 is 1.92 bits per heavy atom. The molecule has 0 bridgehead atoms. The van der Waals surface area contributed by atoms with Gasteiger partial charge in [-0.15, -0.1) is 0 Å². The molecule has 0 aliphatic carbocycles. The molecule has 136 valence electrons. The minimum Gasteiger partial charge on any atom is -0.335 e. The Bertz CT molecular complexity index is 834. The molecule has 0 N–H and O–H groups in total. The first-order chi connectivity index (χ1) is 11.9. The van der Waals surface area contributed by atoms with Crippen LogP contribution in [0.3, 0.4) is 0 Å². The Morgan fingerprint density at radius 1 is 1.20 bits per heavy atom. The first-order valence-electron chi connectivity index (χ1n) is 8.99. The maximum absolute atomic E-state index is 13.0. The molecule has 6 heteroatoms. The number of aromatic nitrogens is 2. The largest absolute Gasteiger partial charge is 0.335 e. The molecule has 1 aliphatic heterocycles. The highest BCUT2D eigenvalue weighted by Crippen LogP contribution is 2.27. The van der Waals surface area contributed by atoms with Crippen LogP contribution in [0.5, 0.6) is 0 Å². The molecule has 0 radical (unpaired) electrons. The SMILES string of the molecule is CCc1nccn1CC1CCN(S(=O)(=O)c2ccc(C)cc2C)CC1. The molecular weight excluding hydrogens is 334 g/mol. The van der Waals surface area contributed by atoms with Crippen LogP contribution in [-0.2, 0) is 23.0 Å². The molecule has 2 aromatic rings. The summed E-state index contributed by atoms with van der Waals surface area (Å²) >= 11 is 0. The lowest BCUT2D eigenvalue weighted by atomic mass is 9.98. The Hall–Kier alpha value is -1.66. The van der Waals surface area contributed by atoms with Crippen LogP contribution in [-0.4, -0.2) is 35.4 Å². The fourth-order valence-corrected chi connectivity index (χ4v) is 5.33. The molecule has 1 aromatic heterocycles. The highest BCUT2D eigenvalue weighted by atomic mass is 32.2. The maximum Gasteiger partial charge on any atom is 0.243 e. The molecule has 0 saturated carbocycles. The third-order valence-corrected chi connectivity index (χ3v) is 7.15. The van der Waals surface area contributed by atoms with Gasteiger partial charge in [0.05, 0.1) is 4.90 Å². The molecule has 25 heavy (non-hydrogen) atoms. The predicted octanol–water partition coefficient (Wildman–Crippen LogP) is 3.16. The van der Waals surface area contributed by atoms with Crippen LogP contribution in [0.2, 0.25) is 0 Å². The number of sulfonamides is 1. The van der Waals surface area contributed by atoms with Gasteiger partial charge < -0.3 is 4.57 Å². The number of aryl methyl sites for hydroxylation is 3. The monoisotopic (exact) mass is 361 g/mol. The summed E-state index contributed by atoms with van der Waals surface area (Å²) in [4.78, 5) is 4.81. The van der Waals surface area contributed by atoms with Crippen molar-refractivity contribution in [1.82, 2.24) is 13.9 Å². The summed E-state index contributed by atoms with van der Waals surface area (Å²) < 4.78 is 29.8. The van der Waals surface area contributed by atoms with Crippen LogP contribution in [0.15, 0.2) is 35.5 Å². The Labute approximate surface area is 150 Å². The van der Waals surface area contributed by atoms with Crippen LogP contribution >= 0.6 is 0 Å². The number of nitrogens with zero attached hydrogens (tertiary/aromatic N) is 3. The molecule has 1 aliphatic rings. The standard InChI is InChI=1S/C19H27N3O2S/c1-4-19-20-9-12-21(19)14-17-7-10-22(11-8-17)25(23,24)18-6-5-15(2)13-16(18)3/h5-6,9,12-13,17H,4,7-8,10-11,14H2,1-3H3. The van der Waals surface area contributed by atoms with Crippen LogP contribution in [0.4, 0.5) is 0 Å². The lowest BCUT2D eigenvalue weighted by Crippen LogP contribution is -2.39. The van der Waals surface area contributed by atoms with Gasteiger partial charge in [-0.05, 0) is 44.2 Å². The van der Waals surface area contributed by atoms with Gasteiger partial charge in [0.15, 0.2) is 0 Å². The van der Waals surface area contributed by atoms with Gasteiger partial charge >= 0.3 is 0 Å². The van der Waals surface area contributed by atoms with Crippen molar-refractivity contribution >= 4 is 10.0 Å². The maximum atomic E-state index is 13.0. The van der Waals surface area contributed by atoms with E-state index < -0.39 is 10.0 Å². The van der Waals surface area contributed by atoms with Crippen molar-refractivity contribution in [2.45, 2.75) is 51.5 Å². The zero-order chi connectivity index (χ0) is 18.0. The lowest BCUT2D eigenvalue weighted by Gasteiger charge is -2.32. The average Bonchev–Trinajstić information content (AvgIpc) is 3.02. The second kappa shape index (κ2) is 7.30. The number of benzene rings is 1. The van der Waals surface area contributed by atoms with E-state index in [1.165, 1.54) is 0 Å². The Morgan fingerprint density at radius 3 is 2.56 bits per heavy atom. The average molecular weight is 362 g/mol. The molecule has 1 saturated heterocycles. The number of rotatable bonds is 5. The van der Waals surface area contributed by atoms with Crippen molar-refractivity contribution in [2.75, 3.05) is 13.1 Å². The van der Waals surface area contributed by atoms with Gasteiger partial charge in [0.1, 0.15) is 5.82 Å². The van der Waals surface area contributed by atoms with E-state index in [0.717, 1.165) is 42.8 Å². The summed E-state index contributed by atoms with van der Waals surface area (Å²) in [6, 6.07) is 5.55. The number of piperidine rings is 1. The minimum atomic E-state index is -3.39. The molecule has 0 amide bonds. The summed E-state index contributed by atoms with van der Waals surface area (Å²) in [5.74, 6) is 1.61. The second-order valence-corrected chi connectivity index (χ2v) is 8.87. The first-order valence-corrected chi connectivity index (χ1v) is 10.4. The van der Waals surface area contributed by atoms with Gasteiger partial charge in [0.2, 0.25) is 10.0 Å². The van der Waals surface area contributed by atoms with Gasteiger partial charge in [-0.25, -0.2) is 13.4 Å². The van der Waals surface area contributed by atoms with E-state index in [0.29, 0.717) is 23.9 Å². The van der Waals surface area contributed by atoms with Crippen LogP contribution in [0, 0.1) is 19.8 Å². The van der Waals surface area contributed by atoms with Crippen molar-refractivity contribution in [3.05, 3.63) is 47.5 Å². The summed E-state index contributed by atoms with van der Waals surface area (Å²) in [6.07, 6.45) is 6.58. The van der Waals surface area contributed by atoms with Gasteiger partial charge in [-0.3, -0.25) is 0 Å². The molecule has 5 nitrogen and oxygen atoms in total. The van der Waals surface area contributed by atoms with E-state index in [2.05, 4.69) is 16.5 Å². The number of imidazole rings is 1. The van der Waals surface area contributed by atoms with Gasteiger partial charge in [-0.1, -0.05) is 24.6 Å². The van der Waals surface area contributed by atoms with Crippen molar-refractivity contribution in [2.24, 2.45) is 5.92 Å². The Kier molecular flexibility index (Phi) is 5.29. The molecule has 0 atom stereocenters. The lowest BCUT2D eigenvalue weighted by molar-refractivity contribution is 0.251. The molecule has 3 rings (SSSR count). The van der Waals surface area contributed by atoms with Crippen molar-refractivity contribution in [3.63, 3.8) is 0 Å². The smallest absolute Gasteiger partial charge is 0.243 e. The second-order valence-electron chi connectivity index (χ2n) is 6.97. The van der Waals surface area contributed by atoms with E-state index in [9.17, 15) is 8.42 Å². The van der Waals surface area contributed by atoms with Crippen LogP contribution in [0.1, 0.15) is 36.7 Å². The highest BCUT2D eigenvalue weighted by Gasteiger charge is 2.30. The molecule has 2 heterocycles. The first kappa shape index (κ1) is 18.1. The topological polar surface area (TPSA) is 55.2 Å². The van der Waals surface area contributed by atoms with Gasteiger partial charge in [0.25, 0.3) is 0 Å². The third kappa shape index (κ3) is 3.80. The van der Waals surface area contributed by atoms with Gasteiger partial charge in [0, 0.05) is 38.4 Å². The van der Waals surface area contributed by atoms with Crippen molar-refractivity contribution in [3.8, 4) is 0 Å². The van der Waals surface area contributed by atoms with Crippen molar-refractivity contribution < 1.29 is 8.42 Å². The number of hydrogen-bond donors (Lipinski definition) is 0. The van der Waals surface area contributed by atoms with E-state index in [1.54, 1.807) is 10.4 Å². The summed E-state index contributed by atoms with van der Waals surface area (Å²) in [6.45, 7) is 8.08. The molecule has 0 unspecified atom stereocenters. The Balaban J connectivity index is 1.67. The zero-order valence-corrected chi connectivity index (χ0v) is 16.1. The molecule has 0 spiro atoms. The van der Waals surface area contributed by atoms with Crippen LogP contribution < -0.4 is 0 Å². The van der Waals surface area contributed by atoms with Crippen LogP contribution in [0.25, 0.3) is 0 Å². The summed E-state index contributed by atoms with van der Waals surface area (Å²) in [5, 5.41) is 0. The molecule has 1 fully saturated rings. The molecular formula is C19H27N3O2S. The zero-order valence-electron chi connectivity index (χ0n) is 15.3. The predicted molar refractivity (Wildman–Crippen MR) is 99.0 cm³/mol. The number of hydrogen-bond acceptors (Lipinski definition) is 3. The normalized spacial score (nSPS) is 17.1. The summed E-state index contributed by atoms with van der Waals surface area (Å²) in [7, 11) is -3.39. The summed E-state index contributed by atoms with van der Waals surface area (Å²) in [5.41, 5.74) is 1.91. The fourth-order valence-electron chi connectivity index (χ4n) is 3.66.